The molecule has 62 valence electrons. The summed E-state index contributed by atoms with van der Waals surface area (Å²) in [6, 6.07) is 3.77. The summed E-state index contributed by atoms with van der Waals surface area (Å²) in [5.41, 5.74) is 0. The maximum absolute atomic E-state index is 8.97. The summed E-state index contributed by atoms with van der Waals surface area (Å²) in [7, 11) is 0. The SMILES string of the molecule is CC(O)CCc1ccc(Br)o1. The van der Waals surface area contributed by atoms with E-state index in [-0.39, 0.29) is 6.10 Å². The quantitative estimate of drug-likeness (QED) is 0.846. The highest BCUT2D eigenvalue weighted by Crippen LogP contribution is 2.15. The number of aryl methyl sites for hydroxylation is 1. The molecule has 0 amide bonds. The van der Waals surface area contributed by atoms with Gasteiger partial charge in [0.25, 0.3) is 0 Å². The van der Waals surface area contributed by atoms with Gasteiger partial charge < -0.3 is 9.52 Å². The van der Waals surface area contributed by atoms with Crippen molar-refractivity contribution in [1.29, 1.82) is 0 Å². The lowest BCUT2D eigenvalue weighted by atomic mass is 10.2. The first-order chi connectivity index (χ1) is 5.18. The van der Waals surface area contributed by atoms with Crippen molar-refractivity contribution in [2.24, 2.45) is 0 Å². The molecule has 0 aliphatic rings. The topological polar surface area (TPSA) is 33.4 Å². The second kappa shape index (κ2) is 3.93. The van der Waals surface area contributed by atoms with Crippen LogP contribution in [-0.2, 0) is 6.42 Å². The summed E-state index contributed by atoms with van der Waals surface area (Å²) >= 11 is 3.21. The number of aliphatic hydroxyl groups is 1. The molecule has 0 bridgehead atoms. The molecule has 0 aliphatic carbocycles. The Morgan fingerprint density at radius 2 is 2.36 bits per heavy atom. The van der Waals surface area contributed by atoms with Crippen LogP contribution in [0.25, 0.3) is 0 Å². The van der Waals surface area contributed by atoms with Crippen molar-refractivity contribution in [3.63, 3.8) is 0 Å². The van der Waals surface area contributed by atoms with Gasteiger partial charge in [-0.2, -0.15) is 0 Å². The summed E-state index contributed by atoms with van der Waals surface area (Å²) in [6.07, 6.45) is 1.29. The van der Waals surface area contributed by atoms with Crippen LogP contribution in [-0.4, -0.2) is 11.2 Å². The summed E-state index contributed by atoms with van der Waals surface area (Å²) in [5.74, 6) is 0.915. The van der Waals surface area contributed by atoms with Crippen molar-refractivity contribution >= 4 is 15.9 Å². The monoisotopic (exact) mass is 218 g/mol. The third kappa shape index (κ3) is 3.08. The molecule has 1 aromatic rings. The lowest BCUT2D eigenvalue weighted by Gasteiger charge is -1.99. The maximum atomic E-state index is 8.97. The normalized spacial score (nSPS) is 13.4. The van der Waals surface area contributed by atoms with Crippen molar-refractivity contribution in [3.05, 3.63) is 22.6 Å². The van der Waals surface area contributed by atoms with Crippen LogP contribution < -0.4 is 0 Å². The summed E-state index contributed by atoms with van der Waals surface area (Å²) < 4.78 is 5.99. The summed E-state index contributed by atoms with van der Waals surface area (Å²) in [6.45, 7) is 1.78. The van der Waals surface area contributed by atoms with E-state index in [4.69, 9.17) is 9.52 Å². The molecule has 0 fully saturated rings. The number of furan rings is 1. The van der Waals surface area contributed by atoms with Crippen molar-refractivity contribution < 1.29 is 9.52 Å². The van der Waals surface area contributed by atoms with Crippen LogP contribution in [0.5, 0.6) is 0 Å². The molecule has 11 heavy (non-hydrogen) atoms. The fourth-order valence-electron chi connectivity index (χ4n) is 0.837. The van der Waals surface area contributed by atoms with Crippen LogP contribution in [0, 0.1) is 0 Å². The van der Waals surface area contributed by atoms with Gasteiger partial charge in [0.2, 0.25) is 0 Å². The van der Waals surface area contributed by atoms with E-state index in [9.17, 15) is 0 Å². The zero-order valence-electron chi connectivity index (χ0n) is 6.38. The Balaban J connectivity index is 2.39. The molecule has 0 aromatic carbocycles. The lowest BCUT2D eigenvalue weighted by Crippen LogP contribution is -2.00. The zero-order chi connectivity index (χ0) is 8.27. The van der Waals surface area contributed by atoms with Crippen molar-refractivity contribution in [2.75, 3.05) is 0 Å². The van der Waals surface area contributed by atoms with E-state index >= 15 is 0 Å². The predicted octanol–water partition coefficient (Wildman–Crippen LogP) is 2.36. The minimum atomic E-state index is -0.251. The highest BCUT2D eigenvalue weighted by molar-refractivity contribution is 9.10. The molecule has 3 heteroatoms. The Hall–Kier alpha value is -0.280. The smallest absolute Gasteiger partial charge is 0.169 e. The zero-order valence-corrected chi connectivity index (χ0v) is 7.97. The summed E-state index contributed by atoms with van der Waals surface area (Å²) in [4.78, 5) is 0. The van der Waals surface area contributed by atoms with Gasteiger partial charge >= 0.3 is 0 Å². The molecule has 2 nitrogen and oxygen atoms in total. The third-order valence-electron chi connectivity index (χ3n) is 1.44. The van der Waals surface area contributed by atoms with Crippen molar-refractivity contribution in [1.82, 2.24) is 0 Å². The minimum Gasteiger partial charge on any atom is -0.454 e. The third-order valence-corrected chi connectivity index (χ3v) is 1.86. The Morgan fingerprint density at radius 1 is 1.64 bits per heavy atom. The molecule has 1 N–H and O–H groups in total. The predicted molar refractivity (Wildman–Crippen MR) is 46.4 cm³/mol. The van der Waals surface area contributed by atoms with Crippen LogP contribution in [0.2, 0.25) is 0 Å². The standard InChI is InChI=1S/C8H11BrO2/c1-6(10)2-3-7-4-5-8(9)11-7/h4-6,10H,2-3H2,1H3. The van der Waals surface area contributed by atoms with Crippen LogP contribution in [0.15, 0.2) is 21.2 Å². The minimum absolute atomic E-state index is 0.251. The average Bonchev–Trinajstić information content (AvgIpc) is 2.31. The van der Waals surface area contributed by atoms with Gasteiger partial charge in [-0.05, 0) is 41.4 Å². The van der Waals surface area contributed by atoms with Gasteiger partial charge in [0.15, 0.2) is 4.67 Å². The molecule has 0 spiro atoms. The van der Waals surface area contributed by atoms with Gasteiger partial charge in [-0.25, -0.2) is 0 Å². The lowest BCUT2D eigenvalue weighted by molar-refractivity contribution is 0.182. The van der Waals surface area contributed by atoms with E-state index in [0.717, 1.165) is 23.3 Å². The van der Waals surface area contributed by atoms with Gasteiger partial charge in [0.05, 0.1) is 6.10 Å². The van der Waals surface area contributed by atoms with Gasteiger partial charge in [0.1, 0.15) is 5.76 Å². The van der Waals surface area contributed by atoms with Crippen molar-refractivity contribution in [2.45, 2.75) is 25.9 Å². The summed E-state index contributed by atoms with van der Waals surface area (Å²) in [5, 5.41) is 8.97. The first-order valence-electron chi connectivity index (χ1n) is 3.61. The molecule has 1 unspecified atom stereocenters. The Labute approximate surface area is 74.3 Å². The van der Waals surface area contributed by atoms with E-state index in [0.29, 0.717) is 0 Å². The molecule has 1 aromatic heterocycles. The van der Waals surface area contributed by atoms with Gasteiger partial charge in [-0.15, -0.1) is 0 Å². The second-order valence-corrected chi connectivity index (χ2v) is 3.38. The highest BCUT2D eigenvalue weighted by atomic mass is 79.9. The van der Waals surface area contributed by atoms with Gasteiger partial charge in [0, 0.05) is 6.42 Å². The van der Waals surface area contributed by atoms with E-state index in [2.05, 4.69) is 15.9 Å². The van der Waals surface area contributed by atoms with Crippen LogP contribution in [0.3, 0.4) is 0 Å². The molecule has 1 atom stereocenters. The van der Waals surface area contributed by atoms with Crippen LogP contribution >= 0.6 is 15.9 Å². The first kappa shape index (κ1) is 8.81. The fraction of sp³-hybridized carbons (Fsp3) is 0.500. The molecule has 0 saturated heterocycles. The number of hydrogen-bond acceptors (Lipinski definition) is 2. The maximum Gasteiger partial charge on any atom is 0.169 e. The second-order valence-electron chi connectivity index (χ2n) is 2.59. The largest absolute Gasteiger partial charge is 0.454 e. The number of rotatable bonds is 3. The van der Waals surface area contributed by atoms with Crippen LogP contribution in [0.1, 0.15) is 19.1 Å². The van der Waals surface area contributed by atoms with E-state index < -0.39 is 0 Å². The number of halogens is 1. The number of aliphatic hydroxyl groups excluding tert-OH is 1. The molecule has 1 rings (SSSR count). The Kier molecular flexibility index (Phi) is 3.15. The Bertz CT molecular complexity index is 218. The average molecular weight is 219 g/mol. The van der Waals surface area contributed by atoms with E-state index in [1.54, 1.807) is 6.92 Å². The highest BCUT2D eigenvalue weighted by Gasteiger charge is 2.01. The Morgan fingerprint density at radius 3 is 2.82 bits per heavy atom. The molecular weight excluding hydrogens is 208 g/mol. The van der Waals surface area contributed by atoms with Gasteiger partial charge in [-0.1, -0.05) is 0 Å². The first-order valence-corrected chi connectivity index (χ1v) is 4.40. The van der Waals surface area contributed by atoms with Crippen molar-refractivity contribution in [3.8, 4) is 0 Å². The van der Waals surface area contributed by atoms with Crippen LogP contribution in [0.4, 0.5) is 0 Å². The number of hydrogen-bond donors (Lipinski definition) is 1. The fourth-order valence-corrected chi connectivity index (χ4v) is 1.18. The van der Waals surface area contributed by atoms with E-state index in [1.165, 1.54) is 0 Å². The van der Waals surface area contributed by atoms with Gasteiger partial charge in [-0.3, -0.25) is 0 Å². The molecule has 0 saturated carbocycles. The molecule has 1 heterocycles. The van der Waals surface area contributed by atoms with E-state index in [1.807, 2.05) is 12.1 Å². The molecule has 0 aliphatic heterocycles. The molecular formula is C8H11BrO2. The molecule has 0 radical (unpaired) electrons.